The minimum absolute atomic E-state index is 0.327. The molecule has 0 unspecified atom stereocenters. The molecule has 146 valence electrons. The maximum Gasteiger partial charge on any atom is 0.343 e. The maximum atomic E-state index is 12.3. The SMILES string of the molecule is CCCCOc1ccc(C=C2C=C(c3ccc4cc(C)ccc4c3)OC2=O)cc1. The Labute approximate surface area is 171 Å². The Balaban J connectivity index is 1.55. The zero-order valence-electron chi connectivity index (χ0n) is 16.8. The molecule has 0 amide bonds. The van der Waals surface area contributed by atoms with Crippen molar-refractivity contribution in [3.8, 4) is 5.75 Å². The van der Waals surface area contributed by atoms with Crippen molar-refractivity contribution in [2.75, 3.05) is 6.61 Å². The summed E-state index contributed by atoms with van der Waals surface area (Å²) in [5, 5.41) is 2.30. The van der Waals surface area contributed by atoms with Crippen molar-refractivity contribution in [3.63, 3.8) is 0 Å². The second kappa shape index (κ2) is 8.36. The Bertz CT molecular complexity index is 1100. The fourth-order valence-electron chi connectivity index (χ4n) is 3.32. The summed E-state index contributed by atoms with van der Waals surface area (Å²) < 4.78 is 11.2. The second-order valence-electron chi connectivity index (χ2n) is 7.33. The van der Waals surface area contributed by atoms with Crippen LogP contribution < -0.4 is 4.74 Å². The molecule has 0 saturated heterocycles. The number of cyclic esters (lactones) is 1. The third-order valence-corrected chi connectivity index (χ3v) is 4.97. The van der Waals surface area contributed by atoms with Gasteiger partial charge in [0, 0.05) is 5.56 Å². The first-order valence-electron chi connectivity index (χ1n) is 10.0. The van der Waals surface area contributed by atoms with E-state index in [2.05, 4.69) is 44.2 Å². The van der Waals surface area contributed by atoms with Crippen LogP contribution in [0.1, 0.15) is 36.5 Å². The number of benzene rings is 3. The fraction of sp³-hybridized carbons (Fsp3) is 0.192. The normalized spacial score (nSPS) is 14.9. The van der Waals surface area contributed by atoms with Crippen LogP contribution in [0.5, 0.6) is 5.75 Å². The maximum absolute atomic E-state index is 12.3. The van der Waals surface area contributed by atoms with Gasteiger partial charge >= 0.3 is 5.97 Å². The molecular formula is C26H24O3. The van der Waals surface area contributed by atoms with Crippen LogP contribution in [0.2, 0.25) is 0 Å². The molecule has 3 heteroatoms. The van der Waals surface area contributed by atoms with Crippen molar-refractivity contribution < 1.29 is 14.3 Å². The van der Waals surface area contributed by atoms with Crippen LogP contribution in [0.25, 0.3) is 22.6 Å². The number of esters is 1. The van der Waals surface area contributed by atoms with Gasteiger partial charge in [-0.25, -0.2) is 4.79 Å². The summed E-state index contributed by atoms with van der Waals surface area (Å²) in [5.41, 5.74) is 3.61. The molecule has 4 rings (SSSR count). The second-order valence-corrected chi connectivity index (χ2v) is 7.33. The molecule has 1 heterocycles. The van der Waals surface area contributed by atoms with Crippen molar-refractivity contribution in [1.29, 1.82) is 0 Å². The van der Waals surface area contributed by atoms with Crippen molar-refractivity contribution in [3.05, 3.63) is 89.0 Å². The van der Waals surface area contributed by atoms with Crippen LogP contribution in [0.15, 0.2) is 72.3 Å². The predicted molar refractivity (Wildman–Crippen MR) is 118 cm³/mol. The summed E-state index contributed by atoms with van der Waals surface area (Å²) in [6.07, 6.45) is 5.80. The number of ether oxygens (including phenoxy) is 2. The highest BCUT2D eigenvalue weighted by molar-refractivity contribution is 6.05. The summed E-state index contributed by atoms with van der Waals surface area (Å²) in [5.74, 6) is 1.10. The van der Waals surface area contributed by atoms with Crippen LogP contribution in [0.3, 0.4) is 0 Å². The van der Waals surface area contributed by atoms with Crippen LogP contribution in [-0.2, 0) is 9.53 Å². The summed E-state index contributed by atoms with van der Waals surface area (Å²) >= 11 is 0. The molecule has 3 aromatic carbocycles. The Morgan fingerprint density at radius 2 is 1.72 bits per heavy atom. The first-order valence-corrected chi connectivity index (χ1v) is 10.0. The number of fused-ring (bicyclic) bond motifs is 1. The Hall–Kier alpha value is -3.33. The summed E-state index contributed by atoms with van der Waals surface area (Å²) in [7, 11) is 0. The van der Waals surface area contributed by atoms with Gasteiger partial charge in [0.2, 0.25) is 0 Å². The fourth-order valence-corrected chi connectivity index (χ4v) is 3.32. The van der Waals surface area contributed by atoms with E-state index in [0.29, 0.717) is 11.3 Å². The number of aryl methyl sites for hydroxylation is 1. The molecule has 3 aromatic rings. The lowest BCUT2D eigenvalue weighted by atomic mass is 10.0. The number of carbonyl (C=O) groups is 1. The number of hydrogen-bond acceptors (Lipinski definition) is 3. The molecular weight excluding hydrogens is 360 g/mol. The van der Waals surface area contributed by atoms with Crippen LogP contribution in [0.4, 0.5) is 0 Å². The average Bonchev–Trinajstić information content (AvgIpc) is 3.09. The smallest absolute Gasteiger partial charge is 0.343 e. The zero-order chi connectivity index (χ0) is 20.2. The largest absolute Gasteiger partial charge is 0.494 e. The highest BCUT2D eigenvalue weighted by Gasteiger charge is 2.22. The highest BCUT2D eigenvalue weighted by atomic mass is 16.5. The van der Waals surface area contributed by atoms with E-state index in [9.17, 15) is 4.79 Å². The molecule has 1 aliphatic rings. The van der Waals surface area contributed by atoms with Crippen molar-refractivity contribution in [1.82, 2.24) is 0 Å². The van der Waals surface area contributed by atoms with E-state index in [1.54, 1.807) is 0 Å². The molecule has 0 fully saturated rings. The van der Waals surface area contributed by atoms with E-state index in [-0.39, 0.29) is 5.97 Å². The standard InChI is InChI=1S/C26H24O3/c1-3-4-13-28-24-11-6-19(7-12-24)15-23-17-25(29-26(23)27)22-10-9-20-14-18(2)5-8-21(20)16-22/h5-12,14-17H,3-4,13H2,1-2H3. The molecule has 0 spiro atoms. The van der Waals surface area contributed by atoms with Gasteiger partial charge < -0.3 is 9.47 Å². The van der Waals surface area contributed by atoms with Gasteiger partial charge in [-0.15, -0.1) is 0 Å². The molecule has 0 aromatic heterocycles. The minimum Gasteiger partial charge on any atom is -0.494 e. The molecule has 0 atom stereocenters. The zero-order valence-corrected chi connectivity index (χ0v) is 16.8. The minimum atomic E-state index is -0.327. The topological polar surface area (TPSA) is 35.5 Å². The first kappa shape index (κ1) is 19.0. The molecule has 0 radical (unpaired) electrons. The third kappa shape index (κ3) is 4.40. The van der Waals surface area contributed by atoms with Crippen LogP contribution in [0, 0.1) is 6.92 Å². The number of carbonyl (C=O) groups excluding carboxylic acids is 1. The Morgan fingerprint density at radius 1 is 0.966 bits per heavy atom. The van der Waals surface area contributed by atoms with E-state index in [0.717, 1.165) is 41.7 Å². The Kier molecular flexibility index (Phi) is 5.48. The average molecular weight is 384 g/mol. The quantitative estimate of drug-likeness (QED) is 0.284. The predicted octanol–water partition coefficient (Wildman–Crippen LogP) is 6.31. The lowest BCUT2D eigenvalue weighted by Crippen LogP contribution is -1.97. The Morgan fingerprint density at radius 3 is 2.52 bits per heavy atom. The van der Waals surface area contributed by atoms with Crippen molar-refractivity contribution >= 4 is 28.6 Å². The van der Waals surface area contributed by atoms with Gasteiger partial charge in [-0.3, -0.25) is 0 Å². The number of unbranched alkanes of at least 4 members (excludes halogenated alkanes) is 1. The van der Waals surface area contributed by atoms with Gasteiger partial charge in [0.05, 0.1) is 12.2 Å². The van der Waals surface area contributed by atoms with Crippen LogP contribution in [-0.4, -0.2) is 12.6 Å². The summed E-state index contributed by atoms with van der Waals surface area (Å²) in [6, 6.07) is 20.2. The van der Waals surface area contributed by atoms with Gasteiger partial charge in [-0.05, 0) is 60.0 Å². The highest BCUT2D eigenvalue weighted by Crippen LogP contribution is 2.30. The van der Waals surface area contributed by atoms with Crippen LogP contribution >= 0.6 is 0 Å². The lowest BCUT2D eigenvalue weighted by molar-refractivity contribution is -0.130. The van der Waals surface area contributed by atoms with E-state index in [4.69, 9.17) is 9.47 Å². The van der Waals surface area contributed by atoms with Gasteiger partial charge in [-0.1, -0.05) is 61.4 Å². The molecule has 1 aliphatic heterocycles. The molecule has 0 saturated carbocycles. The van der Waals surface area contributed by atoms with E-state index in [1.165, 1.54) is 10.9 Å². The monoisotopic (exact) mass is 384 g/mol. The first-order chi connectivity index (χ1) is 14.1. The lowest BCUT2D eigenvalue weighted by Gasteiger charge is -2.05. The summed E-state index contributed by atoms with van der Waals surface area (Å²) in [6.45, 7) is 4.94. The van der Waals surface area contributed by atoms with Gasteiger partial charge in [0.25, 0.3) is 0 Å². The number of rotatable bonds is 6. The summed E-state index contributed by atoms with van der Waals surface area (Å²) in [4.78, 5) is 12.3. The molecule has 0 bridgehead atoms. The van der Waals surface area contributed by atoms with E-state index in [1.807, 2.05) is 42.5 Å². The van der Waals surface area contributed by atoms with E-state index >= 15 is 0 Å². The number of hydrogen-bond donors (Lipinski definition) is 0. The third-order valence-electron chi connectivity index (χ3n) is 4.97. The van der Waals surface area contributed by atoms with Gasteiger partial charge in [0.15, 0.2) is 0 Å². The van der Waals surface area contributed by atoms with Gasteiger partial charge in [0.1, 0.15) is 11.5 Å². The molecule has 0 N–H and O–H groups in total. The molecule has 0 aliphatic carbocycles. The van der Waals surface area contributed by atoms with Crippen molar-refractivity contribution in [2.24, 2.45) is 0 Å². The van der Waals surface area contributed by atoms with Gasteiger partial charge in [-0.2, -0.15) is 0 Å². The molecule has 3 nitrogen and oxygen atoms in total. The molecule has 29 heavy (non-hydrogen) atoms. The van der Waals surface area contributed by atoms with Crippen molar-refractivity contribution in [2.45, 2.75) is 26.7 Å². The van der Waals surface area contributed by atoms with E-state index < -0.39 is 0 Å².